The van der Waals surface area contributed by atoms with Gasteiger partial charge in [-0.05, 0) is 24.8 Å². The first kappa shape index (κ1) is 15.7. The fourth-order valence-electron chi connectivity index (χ4n) is 2.78. The Morgan fingerprint density at radius 1 is 1.33 bits per heavy atom. The van der Waals surface area contributed by atoms with Crippen molar-refractivity contribution in [3.05, 3.63) is 16.8 Å². The van der Waals surface area contributed by atoms with Gasteiger partial charge in [0, 0.05) is 13.1 Å². The van der Waals surface area contributed by atoms with Crippen molar-refractivity contribution in [1.29, 1.82) is 5.26 Å². The van der Waals surface area contributed by atoms with Crippen LogP contribution < -0.4 is 4.90 Å². The monoisotopic (exact) mass is 308 g/mol. The highest BCUT2D eigenvalue weighted by Gasteiger charge is 2.32. The summed E-state index contributed by atoms with van der Waals surface area (Å²) >= 11 is 0. The van der Waals surface area contributed by atoms with Gasteiger partial charge >= 0.3 is 0 Å². The van der Waals surface area contributed by atoms with Gasteiger partial charge in [-0.1, -0.05) is 13.8 Å². The highest BCUT2D eigenvalue weighted by Crippen LogP contribution is 2.27. The Bertz CT molecular complexity index is 679. The van der Waals surface area contributed by atoms with Crippen LogP contribution in [0.1, 0.15) is 37.1 Å². The number of hydrogen-bond acceptors (Lipinski definition) is 6. The number of aromatic nitrogens is 2. The molecule has 1 aromatic heterocycles. The van der Waals surface area contributed by atoms with Crippen LogP contribution in [-0.4, -0.2) is 43.2 Å². The summed E-state index contributed by atoms with van der Waals surface area (Å²) in [6.45, 7) is 3.97. The zero-order valence-electron chi connectivity index (χ0n) is 12.6. The van der Waals surface area contributed by atoms with Gasteiger partial charge in [-0.2, -0.15) is 10.4 Å². The summed E-state index contributed by atoms with van der Waals surface area (Å²) in [6.07, 6.45) is 2.01. The molecule has 0 amide bonds. The SMILES string of the molecule is CCc1nnc(N(C)C2CCS(=O)(=O)C2)c(C#N)c1CC. The van der Waals surface area contributed by atoms with Crippen molar-refractivity contribution in [2.75, 3.05) is 23.5 Å². The molecule has 2 rings (SSSR count). The zero-order valence-corrected chi connectivity index (χ0v) is 13.4. The maximum absolute atomic E-state index is 11.6. The van der Waals surface area contributed by atoms with E-state index >= 15 is 0 Å². The van der Waals surface area contributed by atoms with Gasteiger partial charge in [-0.25, -0.2) is 8.42 Å². The van der Waals surface area contributed by atoms with Gasteiger partial charge in [-0.15, -0.1) is 5.10 Å². The maximum atomic E-state index is 11.6. The summed E-state index contributed by atoms with van der Waals surface area (Å²) < 4.78 is 23.3. The number of sulfone groups is 1. The number of aryl methyl sites for hydroxylation is 1. The van der Waals surface area contributed by atoms with Crippen LogP contribution in [0.4, 0.5) is 5.82 Å². The molecule has 0 bridgehead atoms. The van der Waals surface area contributed by atoms with Crippen molar-refractivity contribution in [2.45, 2.75) is 39.2 Å². The minimum absolute atomic E-state index is 0.118. The Labute approximate surface area is 125 Å². The molecule has 2 heterocycles. The molecule has 1 fully saturated rings. The van der Waals surface area contributed by atoms with Crippen LogP contribution >= 0.6 is 0 Å². The van der Waals surface area contributed by atoms with Crippen LogP contribution in [0.15, 0.2) is 0 Å². The van der Waals surface area contributed by atoms with E-state index in [4.69, 9.17) is 0 Å². The van der Waals surface area contributed by atoms with Crippen molar-refractivity contribution >= 4 is 15.7 Å². The zero-order chi connectivity index (χ0) is 15.6. The summed E-state index contributed by atoms with van der Waals surface area (Å²) in [7, 11) is -1.18. The quantitative estimate of drug-likeness (QED) is 0.827. The first-order chi connectivity index (χ1) is 9.93. The lowest BCUT2D eigenvalue weighted by Crippen LogP contribution is -2.34. The predicted molar refractivity (Wildman–Crippen MR) is 81.0 cm³/mol. The number of rotatable bonds is 4. The number of nitriles is 1. The molecular formula is C14H20N4O2S. The smallest absolute Gasteiger partial charge is 0.169 e. The summed E-state index contributed by atoms with van der Waals surface area (Å²) in [6, 6.07) is 2.09. The summed E-state index contributed by atoms with van der Waals surface area (Å²) in [5.74, 6) is 0.812. The predicted octanol–water partition coefficient (Wildman–Crippen LogP) is 1.10. The molecule has 0 saturated carbocycles. The van der Waals surface area contributed by atoms with Gasteiger partial charge in [-0.3, -0.25) is 0 Å². The minimum atomic E-state index is -2.97. The molecule has 0 radical (unpaired) electrons. The lowest BCUT2D eigenvalue weighted by atomic mass is 10.0. The first-order valence-corrected chi connectivity index (χ1v) is 8.97. The molecule has 1 aliphatic rings. The van der Waals surface area contributed by atoms with E-state index in [0.717, 1.165) is 17.7 Å². The van der Waals surface area contributed by atoms with E-state index in [0.29, 0.717) is 24.2 Å². The third kappa shape index (κ3) is 3.00. The molecule has 1 atom stereocenters. The van der Waals surface area contributed by atoms with Crippen LogP contribution in [0.25, 0.3) is 0 Å². The van der Waals surface area contributed by atoms with Crippen molar-refractivity contribution in [2.24, 2.45) is 0 Å². The Morgan fingerprint density at radius 2 is 2.05 bits per heavy atom. The Balaban J connectivity index is 2.42. The van der Waals surface area contributed by atoms with Crippen molar-refractivity contribution in [3.63, 3.8) is 0 Å². The average molecular weight is 308 g/mol. The lowest BCUT2D eigenvalue weighted by molar-refractivity contribution is 0.600. The van der Waals surface area contributed by atoms with E-state index in [2.05, 4.69) is 16.3 Å². The van der Waals surface area contributed by atoms with Crippen LogP contribution in [0, 0.1) is 11.3 Å². The van der Waals surface area contributed by atoms with Gasteiger partial charge in [0.2, 0.25) is 0 Å². The van der Waals surface area contributed by atoms with Crippen LogP contribution in [-0.2, 0) is 22.7 Å². The fraction of sp³-hybridized carbons (Fsp3) is 0.643. The standard InChI is InChI=1S/C14H20N4O2S/c1-4-11-12(8-15)14(17-16-13(11)5-2)18(3)10-6-7-21(19,20)9-10/h10H,4-7,9H2,1-3H3. The Morgan fingerprint density at radius 3 is 2.52 bits per heavy atom. The molecule has 1 aromatic rings. The molecule has 114 valence electrons. The summed E-state index contributed by atoms with van der Waals surface area (Å²) in [5, 5.41) is 17.9. The van der Waals surface area contributed by atoms with Crippen LogP contribution in [0.2, 0.25) is 0 Å². The van der Waals surface area contributed by atoms with Crippen LogP contribution in [0.5, 0.6) is 0 Å². The molecular weight excluding hydrogens is 288 g/mol. The molecule has 0 spiro atoms. The molecule has 6 nitrogen and oxygen atoms in total. The second kappa shape index (κ2) is 5.98. The molecule has 21 heavy (non-hydrogen) atoms. The van der Waals surface area contributed by atoms with Gasteiger partial charge < -0.3 is 4.90 Å². The third-order valence-corrected chi connectivity index (χ3v) is 5.78. The van der Waals surface area contributed by atoms with Crippen LogP contribution in [0.3, 0.4) is 0 Å². The third-order valence-electron chi connectivity index (χ3n) is 4.03. The van der Waals surface area contributed by atoms with Gasteiger partial charge in [0.1, 0.15) is 11.6 Å². The molecule has 0 N–H and O–H groups in total. The second-order valence-corrected chi connectivity index (χ2v) is 7.54. The number of nitrogens with zero attached hydrogens (tertiary/aromatic N) is 4. The van der Waals surface area contributed by atoms with Crippen molar-refractivity contribution in [3.8, 4) is 6.07 Å². The van der Waals surface area contributed by atoms with Gasteiger partial charge in [0.25, 0.3) is 0 Å². The highest BCUT2D eigenvalue weighted by atomic mass is 32.2. The van der Waals surface area contributed by atoms with Gasteiger partial charge in [0.05, 0.1) is 17.2 Å². The van der Waals surface area contributed by atoms with E-state index in [9.17, 15) is 13.7 Å². The molecule has 7 heteroatoms. The minimum Gasteiger partial charge on any atom is -0.353 e. The van der Waals surface area contributed by atoms with E-state index in [1.807, 2.05) is 13.8 Å². The summed E-state index contributed by atoms with van der Waals surface area (Å²) in [4.78, 5) is 1.80. The average Bonchev–Trinajstić information content (AvgIpc) is 2.84. The topological polar surface area (TPSA) is 87.0 Å². The molecule has 1 aliphatic heterocycles. The fourth-order valence-corrected chi connectivity index (χ4v) is 4.55. The molecule has 0 aliphatic carbocycles. The second-order valence-electron chi connectivity index (χ2n) is 5.31. The largest absolute Gasteiger partial charge is 0.353 e. The van der Waals surface area contributed by atoms with Crippen molar-refractivity contribution < 1.29 is 8.42 Å². The van der Waals surface area contributed by atoms with Crippen molar-refractivity contribution in [1.82, 2.24) is 10.2 Å². The Hall–Kier alpha value is -1.68. The normalized spacial score (nSPS) is 20.2. The summed E-state index contributed by atoms with van der Waals surface area (Å²) in [5.41, 5.74) is 2.28. The number of anilines is 1. The number of hydrogen-bond donors (Lipinski definition) is 0. The molecule has 0 aromatic carbocycles. The van der Waals surface area contributed by atoms with E-state index in [1.165, 1.54) is 0 Å². The molecule has 1 unspecified atom stereocenters. The first-order valence-electron chi connectivity index (χ1n) is 7.15. The van der Waals surface area contributed by atoms with Gasteiger partial charge in [0.15, 0.2) is 15.7 Å². The highest BCUT2D eigenvalue weighted by molar-refractivity contribution is 7.91. The van der Waals surface area contributed by atoms with E-state index in [1.54, 1.807) is 11.9 Å². The maximum Gasteiger partial charge on any atom is 0.169 e. The Kier molecular flexibility index (Phi) is 4.47. The van der Waals surface area contributed by atoms with E-state index < -0.39 is 9.84 Å². The van der Waals surface area contributed by atoms with E-state index in [-0.39, 0.29) is 17.5 Å². The lowest BCUT2D eigenvalue weighted by Gasteiger charge is -2.25. The molecule has 1 saturated heterocycles.